The largest absolute Gasteiger partial charge is 0.510 e. The predicted octanol–water partition coefficient (Wildman–Crippen LogP) is 13.7. The zero-order valence-corrected chi connectivity index (χ0v) is 41.6. The van der Waals surface area contributed by atoms with Gasteiger partial charge in [0.1, 0.15) is 5.82 Å². The van der Waals surface area contributed by atoms with E-state index in [1.165, 1.54) is 22.3 Å². The van der Waals surface area contributed by atoms with Crippen LogP contribution >= 0.6 is 0 Å². The molecule has 0 radical (unpaired) electrons. The zero-order valence-electron chi connectivity index (χ0n) is 39.3. The van der Waals surface area contributed by atoms with Gasteiger partial charge in [0.05, 0.1) is 0 Å². The van der Waals surface area contributed by atoms with Crippen LogP contribution in [0.3, 0.4) is 0 Å². The van der Waals surface area contributed by atoms with Gasteiger partial charge in [0.25, 0.3) is 0 Å². The summed E-state index contributed by atoms with van der Waals surface area (Å²) in [5.74, 6) is 2.80. The topological polar surface area (TPSA) is 48.8 Å². The fourth-order valence-corrected chi connectivity index (χ4v) is 8.36. The van der Waals surface area contributed by atoms with Crippen LogP contribution in [-0.4, -0.2) is 19.3 Å². The molecule has 0 fully saturated rings. The minimum atomic E-state index is -0.470. The third kappa shape index (κ3) is 8.98. The smallest absolute Gasteiger partial charge is 0.211 e. The number of hydrogen-bond acceptors (Lipinski definition) is 3. The van der Waals surface area contributed by atoms with Crippen LogP contribution in [0.2, 0.25) is 0 Å². The Morgan fingerprint density at radius 1 is 0.538 bits per heavy atom. The van der Waals surface area contributed by atoms with Gasteiger partial charge < -0.3 is 13.9 Å². The van der Waals surface area contributed by atoms with Crippen molar-refractivity contribution in [2.75, 3.05) is 0 Å². The Morgan fingerprint density at radius 3 is 1.85 bits per heavy atom. The summed E-state index contributed by atoms with van der Waals surface area (Å²) in [6, 6.07) is 56.1. The number of pyridine rings is 1. The molecule has 0 bridgehead atoms. The summed E-state index contributed by atoms with van der Waals surface area (Å²) in [5.41, 5.74) is 10.2. The molecule has 9 rings (SSSR count). The van der Waals surface area contributed by atoms with Gasteiger partial charge in [-0.05, 0) is 84.0 Å². The van der Waals surface area contributed by atoms with Gasteiger partial charge in [-0.15, -0.1) is 29.7 Å². The monoisotopic (exact) mass is 1030 g/mol. The standard InChI is InChI=1S/C58H57N5O.Pt/c1-55(2,3)42-29-30-59-53(35-42)63-51-28-25-40(39-19-14-12-15-20-39)31-50(51)49-27-26-48(37-52(49)63)64-47-24-18-23-45(36-47)62-38-61(54(60-62)58(10,11)41-21-16-13-17-22-41)46-33-43(56(4,5)6)32-44(34-46)57(7,8)9;/h12-35H,1-11H3;/q-2;. The van der Waals surface area contributed by atoms with Crippen LogP contribution in [-0.2, 0) is 42.7 Å². The number of nitrogens with zero attached hydrogens (tertiary/aromatic N) is 5. The van der Waals surface area contributed by atoms with E-state index in [2.05, 4.69) is 213 Å². The number of ether oxygens (including phenoxy) is 1. The van der Waals surface area contributed by atoms with Crippen molar-refractivity contribution in [3.05, 3.63) is 192 Å². The molecular formula is C58H57N5OPt-2. The van der Waals surface area contributed by atoms with Crippen LogP contribution in [0.15, 0.2) is 146 Å². The minimum absolute atomic E-state index is 0. The summed E-state index contributed by atoms with van der Waals surface area (Å²) in [4.78, 5) is 4.92. The molecule has 0 aliphatic rings. The molecule has 0 amide bonds. The molecule has 3 heterocycles. The fourth-order valence-electron chi connectivity index (χ4n) is 8.36. The molecule has 0 saturated heterocycles. The molecule has 65 heavy (non-hydrogen) atoms. The Morgan fingerprint density at radius 2 is 1.18 bits per heavy atom. The molecule has 0 unspecified atom stereocenters. The average Bonchev–Trinajstić information content (AvgIpc) is 3.87. The van der Waals surface area contributed by atoms with Gasteiger partial charge in [0.2, 0.25) is 12.2 Å². The SMILES string of the molecule is CC(C)(C)c1cc(-[n+]2[c-]n(-c3[c-]c(Oc4[c-]c5c(cc4)c4cc(-c6ccccc6)ccc4n5-c4cc(C(C)(C)C)ccn4)ccc3)nc2C(C)(C)c2ccccc2)cc(C(C)(C)C)c1.[Pt]. The van der Waals surface area contributed by atoms with E-state index >= 15 is 0 Å². The fraction of sp³-hybridized carbons (Fsp3) is 0.259. The summed E-state index contributed by atoms with van der Waals surface area (Å²) in [6.07, 6.45) is 5.55. The number of benzene rings is 6. The third-order valence-electron chi connectivity index (χ3n) is 12.4. The number of fused-ring (bicyclic) bond motifs is 3. The van der Waals surface area contributed by atoms with Crippen molar-refractivity contribution < 1.29 is 30.4 Å². The molecule has 3 aromatic heterocycles. The van der Waals surface area contributed by atoms with Crippen molar-refractivity contribution in [2.24, 2.45) is 0 Å². The second-order valence-electron chi connectivity index (χ2n) is 20.6. The van der Waals surface area contributed by atoms with E-state index in [9.17, 15) is 0 Å². The number of aromatic nitrogens is 5. The molecular weight excluding hydrogens is 978 g/mol. The van der Waals surface area contributed by atoms with E-state index in [0.29, 0.717) is 17.2 Å². The first kappa shape index (κ1) is 45.5. The summed E-state index contributed by atoms with van der Waals surface area (Å²) in [5, 5.41) is 7.50. The van der Waals surface area contributed by atoms with E-state index in [1.54, 1.807) is 4.68 Å². The first-order valence-corrected chi connectivity index (χ1v) is 22.2. The van der Waals surface area contributed by atoms with Gasteiger partial charge in [0.15, 0.2) is 0 Å². The first-order chi connectivity index (χ1) is 30.3. The van der Waals surface area contributed by atoms with Gasteiger partial charge in [0, 0.05) is 55.4 Å². The third-order valence-corrected chi connectivity index (χ3v) is 12.4. The molecule has 0 aliphatic carbocycles. The van der Waals surface area contributed by atoms with Gasteiger partial charge in [-0.1, -0.05) is 173 Å². The Kier molecular flexibility index (Phi) is 11.9. The van der Waals surface area contributed by atoms with Crippen molar-refractivity contribution >= 4 is 21.8 Å². The number of hydrogen-bond donors (Lipinski definition) is 0. The zero-order chi connectivity index (χ0) is 45.2. The van der Waals surface area contributed by atoms with Crippen molar-refractivity contribution in [1.29, 1.82) is 0 Å². The molecule has 6 aromatic carbocycles. The molecule has 0 atom stereocenters. The van der Waals surface area contributed by atoms with Gasteiger partial charge in [-0.3, -0.25) is 0 Å². The van der Waals surface area contributed by atoms with Crippen LogP contribution in [0.5, 0.6) is 11.5 Å². The van der Waals surface area contributed by atoms with Crippen molar-refractivity contribution in [3.8, 4) is 39.8 Å². The van der Waals surface area contributed by atoms with Crippen molar-refractivity contribution in [3.63, 3.8) is 0 Å². The van der Waals surface area contributed by atoms with E-state index in [4.69, 9.17) is 14.8 Å². The Hall–Kier alpha value is -6.10. The van der Waals surface area contributed by atoms with Gasteiger partial charge in [-0.2, -0.15) is 22.9 Å². The quantitative estimate of drug-likeness (QED) is 0.113. The molecule has 9 aromatic rings. The summed E-state index contributed by atoms with van der Waals surface area (Å²) in [7, 11) is 0. The molecule has 0 saturated carbocycles. The summed E-state index contributed by atoms with van der Waals surface area (Å²) in [6.45, 7) is 24.7. The van der Waals surface area contributed by atoms with Crippen LogP contribution in [0.1, 0.15) is 104 Å². The molecule has 6 nitrogen and oxygen atoms in total. The Bertz CT molecular complexity index is 3130. The van der Waals surface area contributed by atoms with Crippen molar-refractivity contribution in [2.45, 2.75) is 97.8 Å². The van der Waals surface area contributed by atoms with Crippen LogP contribution in [0, 0.1) is 18.5 Å². The summed E-state index contributed by atoms with van der Waals surface area (Å²) < 4.78 is 12.8. The second kappa shape index (κ2) is 17.0. The second-order valence-corrected chi connectivity index (χ2v) is 20.6. The van der Waals surface area contributed by atoms with Crippen LogP contribution in [0.25, 0.3) is 50.1 Å². The van der Waals surface area contributed by atoms with E-state index in [-0.39, 0.29) is 37.3 Å². The molecule has 332 valence electrons. The Labute approximate surface area is 399 Å². The number of rotatable bonds is 8. The predicted molar refractivity (Wildman–Crippen MR) is 260 cm³/mol. The summed E-state index contributed by atoms with van der Waals surface area (Å²) >= 11 is 0. The van der Waals surface area contributed by atoms with Crippen molar-refractivity contribution in [1.82, 2.24) is 19.3 Å². The maximum Gasteiger partial charge on any atom is 0.211 e. The van der Waals surface area contributed by atoms with Crippen LogP contribution in [0.4, 0.5) is 0 Å². The maximum absolute atomic E-state index is 6.66. The Balaban J connectivity index is 0.00000576. The van der Waals surface area contributed by atoms with Crippen LogP contribution < -0.4 is 9.30 Å². The molecule has 7 heteroatoms. The first-order valence-electron chi connectivity index (χ1n) is 22.2. The van der Waals surface area contributed by atoms with E-state index < -0.39 is 5.41 Å². The molecule has 0 N–H and O–H groups in total. The van der Waals surface area contributed by atoms with Gasteiger partial charge >= 0.3 is 0 Å². The minimum Gasteiger partial charge on any atom is -0.510 e. The molecule has 0 aliphatic heterocycles. The average molecular weight is 1040 g/mol. The van der Waals surface area contributed by atoms with E-state index in [0.717, 1.165) is 50.3 Å². The normalized spacial score (nSPS) is 12.4. The van der Waals surface area contributed by atoms with Gasteiger partial charge in [-0.25, -0.2) is 4.98 Å². The van der Waals surface area contributed by atoms with E-state index in [1.807, 2.05) is 36.5 Å². The maximum atomic E-state index is 6.66. The molecule has 0 spiro atoms.